The number of aryl methyl sites for hydroxylation is 2. The van der Waals surface area contributed by atoms with Crippen LogP contribution in [-0.2, 0) is 7.05 Å². The van der Waals surface area contributed by atoms with Crippen LogP contribution >= 0.6 is 23.2 Å². The molecule has 66 valence electrons. The van der Waals surface area contributed by atoms with Crippen LogP contribution in [0, 0.1) is 13.8 Å². The van der Waals surface area contributed by atoms with Crippen molar-refractivity contribution in [2.75, 3.05) is 0 Å². The molecule has 1 aromatic rings. The first-order chi connectivity index (χ1) is 5.57. The number of halogens is 2. The van der Waals surface area contributed by atoms with Crippen LogP contribution in [0.1, 0.15) is 17.0 Å². The predicted octanol–water partition coefficient (Wildman–Crippen LogP) is 2.81. The normalized spacial score (nSPS) is 12.2. The summed E-state index contributed by atoms with van der Waals surface area (Å²) in [5.41, 5.74) is 4.21. The zero-order valence-corrected chi connectivity index (χ0v) is 8.74. The summed E-state index contributed by atoms with van der Waals surface area (Å²) >= 11 is 11.4. The van der Waals surface area contributed by atoms with Crippen molar-refractivity contribution in [1.82, 2.24) is 9.78 Å². The number of rotatable bonds is 1. The summed E-state index contributed by atoms with van der Waals surface area (Å²) in [6.07, 6.45) is 0. The van der Waals surface area contributed by atoms with Gasteiger partial charge >= 0.3 is 0 Å². The van der Waals surface area contributed by atoms with Gasteiger partial charge in [0.25, 0.3) is 0 Å². The Hall–Kier alpha value is -0.470. The van der Waals surface area contributed by atoms with Gasteiger partial charge in [-0.1, -0.05) is 23.2 Å². The third-order valence-corrected chi connectivity index (χ3v) is 2.47. The van der Waals surface area contributed by atoms with Gasteiger partial charge in [-0.2, -0.15) is 5.10 Å². The minimum Gasteiger partial charge on any atom is -0.272 e. The van der Waals surface area contributed by atoms with E-state index >= 15 is 0 Å². The standard InChI is InChI=1S/C8H10Cl2N2/c1-5-8(7(10)4-9)6(2)12(3)11-5/h4H,1-3H3/b7-4-. The highest BCUT2D eigenvalue weighted by Crippen LogP contribution is 2.25. The summed E-state index contributed by atoms with van der Waals surface area (Å²) in [5.74, 6) is 0. The van der Waals surface area contributed by atoms with Gasteiger partial charge in [0, 0.05) is 23.8 Å². The molecule has 0 N–H and O–H groups in total. The molecule has 1 heterocycles. The molecule has 0 atom stereocenters. The van der Waals surface area contributed by atoms with Crippen LogP contribution in [0.3, 0.4) is 0 Å². The molecule has 2 nitrogen and oxygen atoms in total. The molecule has 0 aliphatic rings. The maximum Gasteiger partial charge on any atom is 0.0684 e. The lowest BCUT2D eigenvalue weighted by Crippen LogP contribution is -1.92. The van der Waals surface area contributed by atoms with Gasteiger partial charge in [-0.05, 0) is 13.8 Å². The Morgan fingerprint density at radius 2 is 2.08 bits per heavy atom. The lowest BCUT2D eigenvalue weighted by atomic mass is 10.2. The second-order valence-corrected chi connectivity index (χ2v) is 3.25. The van der Waals surface area contributed by atoms with Crippen molar-refractivity contribution in [2.24, 2.45) is 7.05 Å². The minimum atomic E-state index is 0.541. The van der Waals surface area contributed by atoms with E-state index in [1.807, 2.05) is 20.9 Å². The van der Waals surface area contributed by atoms with Crippen LogP contribution in [-0.4, -0.2) is 9.78 Å². The third kappa shape index (κ3) is 1.50. The fraction of sp³-hybridized carbons (Fsp3) is 0.375. The summed E-state index contributed by atoms with van der Waals surface area (Å²) in [6.45, 7) is 3.86. The third-order valence-electron chi connectivity index (χ3n) is 1.84. The van der Waals surface area contributed by atoms with E-state index in [-0.39, 0.29) is 0 Å². The first-order valence-electron chi connectivity index (χ1n) is 3.54. The van der Waals surface area contributed by atoms with Gasteiger partial charge in [-0.3, -0.25) is 4.68 Å². The molecule has 0 aliphatic heterocycles. The van der Waals surface area contributed by atoms with Crippen molar-refractivity contribution in [1.29, 1.82) is 0 Å². The van der Waals surface area contributed by atoms with E-state index in [9.17, 15) is 0 Å². The molecule has 0 amide bonds. The smallest absolute Gasteiger partial charge is 0.0684 e. The quantitative estimate of drug-likeness (QED) is 0.689. The topological polar surface area (TPSA) is 17.8 Å². The number of nitrogens with zero attached hydrogens (tertiary/aromatic N) is 2. The fourth-order valence-electron chi connectivity index (χ4n) is 1.17. The van der Waals surface area contributed by atoms with E-state index in [4.69, 9.17) is 23.2 Å². The van der Waals surface area contributed by atoms with E-state index in [0.29, 0.717) is 5.03 Å². The molecule has 0 aromatic carbocycles. The summed E-state index contributed by atoms with van der Waals surface area (Å²) in [7, 11) is 1.88. The van der Waals surface area contributed by atoms with Crippen molar-refractivity contribution < 1.29 is 0 Å². The molecule has 0 radical (unpaired) electrons. The highest BCUT2D eigenvalue weighted by atomic mass is 35.5. The average molecular weight is 205 g/mol. The predicted molar refractivity (Wildman–Crippen MR) is 52.4 cm³/mol. The molecular formula is C8H10Cl2N2. The summed E-state index contributed by atoms with van der Waals surface area (Å²) < 4.78 is 1.79. The molecule has 4 heteroatoms. The van der Waals surface area contributed by atoms with Crippen LogP contribution in [0.2, 0.25) is 0 Å². The lowest BCUT2D eigenvalue weighted by Gasteiger charge is -1.97. The van der Waals surface area contributed by atoms with Crippen LogP contribution in [0.25, 0.3) is 5.03 Å². The van der Waals surface area contributed by atoms with E-state index < -0.39 is 0 Å². The first kappa shape index (κ1) is 9.62. The van der Waals surface area contributed by atoms with Gasteiger partial charge < -0.3 is 0 Å². The summed E-state index contributed by atoms with van der Waals surface area (Å²) in [5, 5.41) is 4.75. The number of hydrogen-bond donors (Lipinski definition) is 0. The molecule has 0 aliphatic carbocycles. The fourth-order valence-corrected chi connectivity index (χ4v) is 1.56. The minimum absolute atomic E-state index is 0.541. The average Bonchev–Trinajstić information content (AvgIpc) is 2.26. The molecule has 0 fully saturated rings. The molecule has 0 saturated heterocycles. The highest BCUT2D eigenvalue weighted by Gasteiger charge is 2.11. The Morgan fingerprint density at radius 3 is 2.42 bits per heavy atom. The van der Waals surface area contributed by atoms with Crippen molar-refractivity contribution >= 4 is 28.2 Å². The van der Waals surface area contributed by atoms with E-state index in [2.05, 4.69) is 5.10 Å². The van der Waals surface area contributed by atoms with Gasteiger partial charge in [-0.25, -0.2) is 0 Å². The highest BCUT2D eigenvalue weighted by molar-refractivity contribution is 6.53. The monoisotopic (exact) mass is 204 g/mol. The van der Waals surface area contributed by atoms with E-state index in [1.165, 1.54) is 5.54 Å². The zero-order chi connectivity index (χ0) is 9.30. The van der Waals surface area contributed by atoms with Crippen molar-refractivity contribution in [3.63, 3.8) is 0 Å². The molecule has 0 bridgehead atoms. The number of aromatic nitrogens is 2. The Kier molecular flexibility index (Phi) is 2.80. The van der Waals surface area contributed by atoms with E-state index in [0.717, 1.165) is 17.0 Å². The lowest BCUT2D eigenvalue weighted by molar-refractivity contribution is 0.731. The molecular weight excluding hydrogens is 195 g/mol. The maximum absolute atomic E-state index is 5.89. The zero-order valence-electron chi connectivity index (χ0n) is 7.23. The van der Waals surface area contributed by atoms with Crippen LogP contribution in [0.4, 0.5) is 0 Å². The summed E-state index contributed by atoms with van der Waals surface area (Å²) in [4.78, 5) is 0. The van der Waals surface area contributed by atoms with Crippen molar-refractivity contribution in [3.05, 3.63) is 22.5 Å². The summed E-state index contributed by atoms with van der Waals surface area (Å²) in [6, 6.07) is 0. The molecule has 12 heavy (non-hydrogen) atoms. The van der Waals surface area contributed by atoms with Gasteiger partial charge in [0.15, 0.2) is 0 Å². The van der Waals surface area contributed by atoms with E-state index in [1.54, 1.807) is 4.68 Å². The van der Waals surface area contributed by atoms with Crippen molar-refractivity contribution in [2.45, 2.75) is 13.8 Å². The molecule has 0 spiro atoms. The van der Waals surface area contributed by atoms with Gasteiger partial charge in [0.1, 0.15) is 0 Å². The Balaban J connectivity index is 3.32. The van der Waals surface area contributed by atoms with Gasteiger partial charge in [0.2, 0.25) is 0 Å². The molecule has 0 saturated carbocycles. The number of hydrogen-bond acceptors (Lipinski definition) is 1. The second-order valence-electron chi connectivity index (χ2n) is 2.63. The van der Waals surface area contributed by atoms with Crippen LogP contribution in [0.15, 0.2) is 5.54 Å². The second kappa shape index (κ2) is 3.50. The van der Waals surface area contributed by atoms with Gasteiger partial charge in [-0.15, -0.1) is 0 Å². The molecule has 0 unspecified atom stereocenters. The molecule has 1 rings (SSSR count). The Bertz CT molecular complexity index is 326. The SMILES string of the molecule is Cc1nn(C)c(C)c1/C(Cl)=C/Cl. The van der Waals surface area contributed by atoms with Crippen LogP contribution in [0.5, 0.6) is 0 Å². The van der Waals surface area contributed by atoms with Gasteiger partial charge in [0.05, 0.1) is 10.7 Å². The largest absolute Gasteiger partial charge is 0.272 e. The molecule has 1 aromatic heterocycles. The Labute approximate surface area is 81.8 Å². The van der Waals surface area contributed by atoms with Crippen LogP contribution < -0.4 is 0 Å². The van der Waals surface area contributed by atoms with Crippen molar-refractivity contribution in [3.8, 4) is 0 Å². The first-order valence-corrected chi connectivity index (χ1v) is 4.35. The Morgan fingerprint density at radius 1 is 1.50 bits per heavy atom. The maximum atomic E-state index is 5.89.